The van der Waals surface area contributed by atoms with Crippen molar-refractivity contribution in [3.8, 4) is 6.07 Å². The molecular formula is C18H25N3O5S2. The number of nitrogens with one attached hydrogen (secondary N) is 1. The molecule has 0 amide bonds. The summed E-state index contributed by atoms with van der Waals surface area (Å²) in [4.78, 5) is 10.8. The molecule has 1 aliphatic rings. The van der Waals surface area contributed by atoms with Gasteiger partial charge < -0.3 is 13.8 Å². The van der Waals surface area contributed by atoms with Crippen LogP contribution in [0.1, 0.15) is 45.7 Å². The Labute approximate surface area is 171 Å². The molecule has 154 valence electrons. The molecule has 1 unspecified atom stereocenters. The molecule has 1 heterocycles. The maximum absolute atomic E-state index is 13.0. The minimum Gasteiger partial charge on any atom is -0.615 e. The van der Waals surface area contributed by atoms with Gasteiger partial charge in [0.1, 0.15) is 16.6 Å². The van der Waals surface area contributed by atoms with Crippen LogP contribution in [0.5, 0.6) is 0 Å². The topological polar surface area (TPSA) is 134 Å². The van der Waals surface area contributed by atoms with Gasteiger partial charge in [-0.2, -0.15) is 5.26 Å². The molecule has 0 saturated carbocycles. The zero-order valence-electron chi connectivity index (χ0n) is 16.6. The van der Waals surface area contributed by atoms with E-state index in [1.54, 1.807) is 40.7 Å². The highest BCUT2D eigenvalue weighted by atomic mass is 32.2. The van der Waals surface area contributed by atoms with Crippen LogP contribution in [0.2, 0.25) is 0 Å². The second kappa shape index (κ2) is 8.18. The molecule has 1 aromatic rings. The van der Waals surface area contributed by atoms with Gasteiger partial charge in [-0.1, -0.05) is 0 Å². The van der Waals surface area contributed by atoms with Crippen molar-refractivity contribution in [2.45, 2.75) is 56.3 Å². The average molecular weight is 428 g/mol. The highest BCUT2D eigenvalue weighted by Gasteiger charge is 2.50. The summed E-state index contributed by atoms with van der Waals surface area (Å²) in [7, 11) is 0. The normalized spacial score (nSPS) is 22.1. The lowest BCUT2D eigenvalue weighted by molar-refractivity contribution is -0.385. The highest BCUT2D eigenvalue weighted by Crippen LogP contribution is 2.38. The molecule has 0 radical (unpaired) electrons. The molecule has 8 nitrogen and oxygen atoms in total. The van der Waals surface area contributed by atoms with E-state index in [1.165, 1.54) is 12.1 Å². The van der Waals surface area contributed by atoms with Crippen LogP contribution in [0.3, 0.4) is 0 Å². The van der Waals surface area contributed by atoms with Crippen molar-refractivity contribution in [3.63, 3.8) is 0 Å². The summed E-state index contributed by atoms with van der Waals surface area (Å²) in [6.07, 6.45) is 0. The lowest BCUT2D eigenvalue weighted by Gasteiger charge is -2.41. The van der Waals surface area contributed by atoms with E-state index in [4.69, 9.17) is 4.74 Å². The molecule has 1 N–H and O–H groups in total. The van der Waals surface area contributed by atoms with Gasteiger partial charge in [0.2, 0.25) is 4.75 Å². The molecule has 0 saturated heterocycles. The number of nitro benzene ring substituents is 1. The van der Waals surface area contributed by atoms with Crippen molar-refractivity contribution in [2.24, 2.45) is 0 Å². The number of nitrogens with zero attached hydrogens (tertiary/aromatic N) is 2. The van der Waals surface area contributed by atoms with E-state index in [0.29, 0.717) is 11.1 Å². The Balaban J connectivity index is 2.59. The van der Waals surface area contributed by atoms with Gasteiger partial charge in [-0.05, 0) is 63.0 Å². The van der Waals surface area contributed by atoms with Crippen LogP contribution in [-0.2, 0) is 39.4 Å². The second-order valence-electron chi connectivity index (χ2n) is 8.27. The third-order valence-electron chi connectivity index (χ3n) is 4.49. The summed E-state index contributed by atoms with van der Waals surface area (Å²) >= 11 is -3.20. The van der Waals surface area contributed by atoms with Gasteiger partial charge in [0.05, 0.1) is 18.1 Å². The first-order chi connectivity index (χ1) is 12.8. The molecular weight excluding hydrogens is 402 g/mol. The SMILES string of the molecule is CC(C)(C#N)[S+]([O-])C[C@@]1(N[S@+]([O-])C(C)(C)C)COCc2ccc([N+](=O)[O-])cc21. The molecule has 28 heavy (non-hydrogen) atoms. The number of rotatable bonds is 6. The smallest absolute Gasteiger partial charge is 0.269 e. The quantitative estimate of drug-likeness (QED) is 0.418. The Morgan fingerprint density at radius 2 is 1.96 bits per heavy atom. The summed E-state index contributed by atoms with van der Waals surface area (Å²) < 4.78 is 32.9. The van der Waals surface area contributed by atoms with Crippen LogP contribution < -0.4 is 4.72 Å². The monoisotopic (exact) mass is 427 g/mol. The lowest BCUT2D eigenvalue weighted by Crippen LogP contribution is -2.59. The largest absolute Gasteiger partial charge is 0.615 e. The van der Waals surface area contributed by atoms with Gasteiger partial charge >= 0.3 is 0 Å². The fourth-order valence-electron chi connectivity index (χ4n) is 2.68. The van der Waals surface area contributed by atoms with Crippen molar-refractivity contribution < 1.29 is 18.8 Å². The van der Waals surface area contributed by atoms with Gasteiger partial charge in [-0.3, -0.25) is 10.1 Å². The summed E-state index contributed by atoms with van der Waals surface area (Å²) in [6, 6.07) is 6.43. The zero-order chi connectivity index (χ0) is 21.3. The maximum atomic E-state index is 13.0. The number of nitro groups is 1. The Bertz CT molecular complexity index is 790. The van der Waals surface area contributed by atoms with Crippen LogP contribution in [-0.4, -0.2) is 35.9 Å². The molecule has 1 aromatic carbocycles. The molecule has 0 spiro atoms. The molecule has 0 bridgehead atoms. The van der Waals surface area contributed by atoms with Gasteiger partial charge in [0, 0.05) is 23.5 Å². The fourth-order valence-corrected chi connectivity index (χ4v) is 4.90. The van der Waals surface area contributed by atoms with Crippen LogP contribution in [0, 0.1) is 21.4 Å². The first-order valence-corrected chi connectivity index (χ1v) is 11.1. The van der Waals surface area contributed by atoms with Crippen LogP contribution in [0.15, 0.2) is 18.2 Å². The molecule has 1 aliphatic heterocycles. The van der Waals surface area contributed by atoms with Crippen molar-refractivity contribution in [2.75, 3.05) is 12.4 Å². The first kappa shape index (κ1) is 22.9. The number of hydrogen-bond acceptors (Lipinski definition) is 7. The predicted molar refractivity (Wildman–Crippen MR) is 108 cm³/mol. The van der Waals surface area contributed by atoms with E-state index >= 15 is 0 Å². The first-order valence-electron chi connectivity index (χ1n) is 8.67. The zero-order valence-corrected chi connectivity index (χ0v) is 18.2. The van der Waals surface area contributed by atoms with Crippen LogP contribution in [0.25, 0.3) is 0 Å². The molecule has 0 aliphatic carbocycles. The standard InChI is InChI=1S/C18H25N3O5S2/c1-16(2,3)28(25)20-18(12-27(24)17(4,5)10-19)11-26-9-13-6-7-14(21(22)23)8-15(13)18/h6-8,20H,9,11-12H2,1-5H3/t18-,27?,28+/m0/s1. The fraction of sp³-hybridized carbons (Fsp3) is 0.611. The van der Waals surface area contributed by atoms with Gasteiger partial charge in [0.15, 0.2) is 5.54 Å². The molecule has 2 rings (SSSR count). The predicted octanol–water partition coefficient (Wildman–Crippen LogP) is 2.42. The lowest BCUT2D eigenvalue weighted by atomic mass is 9.87. The van der Waals surface area contributed by atoms with E-state index in [2.05, 4.69) is 4.72 Å². The van der Waals surface area contributed by atoms with E-state index in [9.17, 15) is 24.5 Å². The molecule has 0 aromatic heterocycles. The van der Waals surface area contributed by atoms with Crippen molar-refractivity contribution >= 4 is 28.2 Å². The van der Waals surface area contributed by atoms with Crippen molar-refractivity contribution in [1.29, 1.82) is 5.26 Å². The molecule has 3 atom stereocenters. The van der Waals surface area contributed by atoms with E-state index < -0.39 is 42.5 Å². The van der Waals surface area contributed by atoms with Crippen molar-refractivity contribution in [1.82, 2.24) is 4.72 Å². The van der Waals surface area contributed by atoms with Gasteiger partial charge in [0.25, 0.3) is 5.69 Å². The summed E-state index contributed by atoms with van der Waals surface area (Å²) in [5.74, 6) is -0.0659. The van der Waals surface area contributed by atoms with E-state index in [0.717, 1.165) is 0 Å². The Hall–Kier alpha value is -1.35. The average Bonchev–Trinajstić information content (AvgIpc) is 2.60. The summed E-state index contributed by atoms with van der Waals surface area (Å²) in [6.45, 7) is 8.78. The van der Waals surface area contributed by atoms with E-state index in [1.807, 2.05) is 6.07 Å². The minimum absolute atomic E-state index is 0.0379. The molecule has 10 heteroatoms. The Kier molecular flexibility index (Phi) is 6.70. The second-order valence-corrected chi connectivity index (χ2v) is 12.2. The van der Waals surface area contributed by atoms with Crippen LogP contribution in [0.4, 0.5) is 5.69 Å². The summed E-state index contributed by atoms with van der Waals surface area (Å²) in [5, 5.41) is 20.7. The highest BCUT2D eigenvalue weighted by molar-refractivity contribution is 7.93. The van der Waals surface area contributed by atoms with Gasteiger partial charge in [-0.25, -0.2) is 0 Å². The molecule has 0 fully saturated rings. The Morgan fingerprint density at radius 3 is 2.50 bits per heavy atom. The number of nitriles is 1. The number of hydrogen-bond donors (Lipinski definition) is 1. The summed E-state index contributed by atoms with van der Waals surface area (Å²) in [5.41, 5.74) is -0.0650. The van der Waals surface area contributed by atoms with Crippen LogP contribution >= 0.6 is 0 Å². The van der Waals surface area contributed by atoms with E-state index in [-0.39, 0.29) is 24.7 Å². The maximum Gasteiger partial charge on any atom is 0.269 e. The third-order valence-corrected chi connectivity index (χ3v) is 8.16. The number of non-ortho nitro benzene ring substituents is 1. The number of benzene rings is 1. The third kappa shape index (κ3) is 4.79. The Morgan fingerprint density at radius 1 is 1.32 bits per heavy atom. The van der Waals surface area contributed by atoms with Crippen molar-refractivity contribution in [3.05, 3.63) is 39.4 Å². The number of fused-ring (bicyclic) bond motifs is 1. The number of ether oxygens (including phenoxy) is 1. The minimum atomic E-state index is -1.64. The van der Waals surface area contributed by atoms with Gasteiger partial charge in [-0.15, -0.1) is 4.72 Å².